The monoisotopic (exact) mass is 181 g/mol. The highest BCUT2D eigenvalue weighted by Gasteiger charge is 2.05. The van der Waals surface area contributed by atoms with Crippen molar-refractivity contribution in [2.24, 2.45) is 0 Å². The van der Waals surface area contributed by atoms with Crippen molar-refractivity contribution in [3.05, 3.63) is 36.2 Å². The van der Waals surface area contributed by atoms with E-state index in [1.54, 1.807) is 12.1 Å². The number of benzene rings is 1. The van der Waals surface area contributed by atoms with Crippen LogP contribution in [0.4, 0.5) is 0 Å². The third kappa shape index (κ3) is 4.15. The highest BCUT2D eigenvalue weighted by Crippen LogP contribution is 2.14. The van der Waals surface area contributed by atoms with Crippen LogP contribution in [-0.2, 0) is 0 Å². The molecule has 13 heavy (non-hydrogen) atoms. The second-order valence-corrected chi connectivity index (χ2v) is 2.40. The molecular weight excluding hydrogens is 168 g/mol. The first-order valence-electron chi connectivity index (χ1n) is 3.88. The molecule has 0 aromatic heterocycles. The fourth-order valence-corrected chi connectivity index (χ4v) is 0.654. The molecule has 0 saturated heterocycles. The van der Waals surface area contributed by atoms with E-state index in [1.165, 1.54) is 12.1 Å². The molecule has 3 nitrogen and oxygen atoms in total. The summed E-state index contributed by atoms with van der Waals surface area (Å²) in [7, 11) is 0. The first-order valence-corrected chi connectivity index (χ1v) is 3.88. The van der Waals surface area contributed by atoms with Gasteiger partial charge < -0.3 is 10.2 Å². The van der Waals surface area contributed by atoms with E-state index >= 15 is 0 Å². The van der Waals surface area contributed by atoms with Crippen LogP contribution in [0.5, 0.6) is 5.75 Å². The van der Waals surface area contributed by atoms with Crippen molar-refractivity contribution < 1.29 is 15.0 Å². The van der Waals surface area contributed by atoms with Gasteiger partial charge in [0.05, 0.1) is 0 Å². The number of carbonyl (C=O) groups is 1. The maximum absolute atomic E-state index is 10.3. The lowest BCUT2D eigenvalue weighted by molar-refractivity contribution is 0.0694. The Morgan fingerprint density at radius 2 is 1.77 bits per heavy atom. The van der Waals surface area contributed by atoms with E-state index in [0.717, 1.165) is 0 Å². The Morgan fingerprint density at radius 3 is 2.08 bits per heavy atom. The van der Waals surface area contributed by atoms with Crippen LogP contribution in [0.2, 0.25) is 0 Å². The van der Waals surface area contributed by atoms with Gasteiger partial charge in [-0.1, -0.05) is 26.0 Å². The first-order chi connectivity index (χ1) is 6.13. The minimum atomic E-state index is -1.11. The Hall–Kier alpha value is -1.51. The number of carboxylic acids is 1. The second-order valence-electron chi connectivity index (χ2n) is 2.40. The lowest BCUT2D eigenvalue weighted by Gasteiger charge is -1.95. The van der Waals surface area contributed by atoms with Gasteiger partial charge in [-0.3, -0.25) is 0 Å². The van der Waals surface area contributed by atoms with Crippen molar-refractivity contribution in [3.63, 3.8) is 0 Å². The molecule has 0 amide bonds. The fourth-order valence-electron chi connectivity index (χ4n) is 0.654. The summed E-state index contributed by atoms with van der Waals surface area (Å²) in [4.78, 5) is 10.3. The first kappa shape index (κ1) is 11.5. The van der Waals surface area contributed by atoms with Crippen LogP contribution in [-0.4, -0.2) is 16.2 Å². The molecule has 1 radical (unpaired) electrons. The van der Waals surface area contributed by atoms with Gasteiger partial charge in [0.25, 0.3) is 0 Å². The summed E-state index contributed by atoms with van der Waals surface area (Å²) in [5.74, 6) is -1.31. The normalized spacial score (nSPS) is 8.46. The van der Waals surface area contributed by atoms with Crippen molar-refractivity contribution in [1.82, 2.24) is 0 Å². The molecule has 2 N–H and O–H groups in total. The zero-order valence-electron chi connectivity index (χ0n) is 7.69. The van der Waals surface area contributed by atoms with E-state index in [2.05, 4.69) is 0 Å². The van der Waals surface area contributed by atoms with E-state index in [9.17, 15) is 4.79 Å². The summed E-state index contributed by atoms with van der Waals surface area (Å²) in [6.07, 6.45) is 2.00. The SMILES string of the molecule is C[CH]C.O=C(O)c1ccccc1O. The molecule has 0 saturated carbocycles. The molecule has 0 unspecified atom stereocenters. The van der Waals surface area contributed by atoms with Crippen LogP contribution in [0.15, 0.2) is 24.3 Å². The number of hydrogen-bond donors (Lipinski definition) is 2. The summed E-state index contributed by atoms with van der Waals surface area (Å²) in [6, 6.07) is 5.81. The Morgan fingerprint density at radius 1 is 1.31 bits per heavy atom. The minimum absolute atomic E-state index is 0.0671. The third-order valence-corrected chi connectivity index (χ3v) is 1.13. The maximum Gasteiger partial charge on any atom is 0.339 e. The van der Waals surface area contributed by atoms with E-state index < -0.39 is 5.97 Å². The van der Waals surface area contributed by atoms with Crippen LogP contribution >= 0.6 is 0 Å². The van der Waals surface area contributed by atoms with Crippen LogP contribution in [0, 0.1) is 6.42 Å². The molecule has 0 spiro atoms. The summed E-state index contributed by atoms with van der Waals surface area (Å²) in [5, 5.41) is 17.3. The number of hydrogen-bond acceptors (Lipinski definition) is 2. The van der Waals surface area contributed by atoms with Crippen molar-refractivity contribution in [2.75, 3.05) is 0 Å². The summed E-state index contributed by atoms with van der Waals surface area (Å²) in [6.45, 7) is 4.00. The van der Waals surface area contributed by atoms with E-state index in [0.29, 0.717) is 0 Å². The zero-order valence-corrected chi connectivity index (χ0v) is 7.69. The number of rotatable bonds is 1. The molecule has 0 aliphatic rings. The molecule has 3 heteroatoms. The number of phenols is 1. The molecule has 0 fully saturated rings. The standard InChI is InChI=1S/C7H6O3.C3H7/c8-6-4-2-1-3-5(6)7(9)10;1-3-2/h1-4,8H,(H,9,10);3H,1-2H3. The Labute approximate surface area is 77.6 Å². The minimum Gasteiger partial charge on any atom is -0.507 e. The van der Waals surface area contributed by atoms with Crippen molar-refractivity contribution in [3.8, 4) is 5.75 Å². The quantitative estimate of drug-likeness (QED) is 0.699. The van der Waals surface area contributed by atoms with Gasteiger partial charge in [0.1, 0.15) is 11.3 Å². The predicted molar refractivity (Wildman–Crippen MR) is 50.7 cm³/mol. The van der Waals surface area contributed by atoms with Gasteiger partial charge in [-0.25, -0.2) is 4.79 Å². The number of para-hydroxylation sites is 1. The smallest absolute Gasteiger partial charge is 0.339 e. The molecule has 0 aliphatic heterocycles. The lowest BCUT2D eigenvalue weighted by atomic mass is 10.2. The van der Waals surface area contributed by atoms with Gasteiger partial charge in [-0.15, -0.1) is 0 Å². The summed E-state index contributed by atoms with van der Waals surface area (Å²) < 4.78 is 0. The van der Waals surface area contributed by atoms with E-state index in [1.807, 2.05) is 20.3 Å². The van der Waals surface area contributed by atoms with Gasteiger partial charge in [-0.2, -0.15) is 0 Å². The van der Waals surface area contributed by atoms with Gasteiger partial charge in [0.15, 0.2) is 0 Å². The van der Waals surface area contributed by atoms with Gasteiger partial charge >= 0.3 is 5.97 Å². The van der Waals surface area contributed by atoms with Crippen molar-refractivity contribution >= 4 is 5.97 Å². The topological polar surface area (TPSA) is 57.5 Å². The molecule has 1 aromatic carbocycles. The van der Waals surface area contributed by atoms with Crippen molar-refractivity contribution in [2.45, 2.75) is 13.8 Å². The largest absolute Gasteiger partial charge is 0.507 e. The maximum atomic E-state index is 10.3. The molecule has 0 aliphatic carbocycles. The van der Waals surface area contributed by atoms with Gasteiger partial charge in [0.2, 0.25) is 0 Å². The highest BCUT2D eigenvalue weighted by atomic mass is 16.4. The molecule has 0 bridgehead atoms. The molecular formula is C10H13O3. The molecule has 71 valence electrons. The average molecular weight is 181 g/mol. The van der Waals surface area contributed by atoms with Crippen LogP contribution in [0.25, 0.3) is 0 Å². The average Bonchev–Trinajstić information content (AvgIpc) is 2.06. The van der Waals surface area contributed by atoms with Gasteiger partial charge in [-0.05, 0) is 18.6 Å². The summed E-state index contributed by atoms with van der Waals surface area (Å²) in [5.41, 5.74) is -0.0671. The lowest BCUT2D eigenvalue weighted by Crippen LogP contribution is -1.95. The van der Waals surface area contributed by atoms with Crippen molar-refractivity contribution in [1.29, 1.82) is 0 Å². The Kier molecular flexibility index (Phi) is 5.35. The van der Waals surface area contributed by atoms with E-state index in [4.69, 9.17) is 10.2 Å². The number of carboxylic acid groups (broad SMARTS) is 1. The third-order valence-electron chi connectivity index (χ3n) is 1.13. The highest BCUT2D eigenvalue weighted by molar-refractivity contribution is 5.90. The zero-order chi connectivity index (χ0) is 10.3. The summed E-state index contributed by atoms with van der Waals surface area (Å²) >= 11 is 0. The van der Waals surface area contributed by atoms with Crippen LogP contribution in [0.1, 0.15) is 24.2 Å². The second kappa shape index (κ2) is 6.06. The molecule has 1 rings (SSSR count). The van der Waals surface area contributed by atoms with Gasteiger partial charge in [0, 0.05) is 0 Å². The van der Waals surface area contributed by atoms with Crippen LogP contribution in [0.3, 0.4) is 0 Å². The molecule has 0 heterocycles. The Bertz CT molecular complexity index is 269. The fraction of sp³-hybridized carbons (Fsp3) is 0.200. The molecule has 0 atom stereocenters. The van der Waals surface area contributed by atoms with E-state index in [-0.39, 0.29) is 11.3 Å². The number of aromatic carboxylic acids is 1. The molecule has 1 aromatic rings. The van der Waals surface area contributed by atoms with Crippen LogP contribution < -0.4 is 0 Å². The number of aromatic hydroxyl groups is 1. The Balaban J connectivity index is 0.000000424. The predicted octanol–water partition coefficient (Wildman–Crippen LogP) is 2.32.